The fraction of sp³-hybridized carbons (Fsp3) is 0.581. The summed E-state index contributed by atoms with van der Waals surface area (Å²) < 4.78 is 22.0. The highest BCUT2D eigenvalue weighted by atomic mass is 16.7. The van der Waals surface area contributed by atoms with E-state index >= 15 is 0 Å². The van der Waals surface area contributed by atoms with Crippen molar-refractivity contribution >= 4 is 6.08 Å². The number of nitrogens with one attached hydrogen (secondary N) is 1. The third kappa shape index (κ3) is 8.87. The molecule has 1 aliphatic heterocycles. The molecule has 0 radical (unpaired) electrons. The lowest BCUT2D eigenvalue weighted by atomic mass is 9.94. The van der Waals surface area contributed by atoms with E-state index < -0.39 is 49.0 Å². The van der Waals surface area contributed by atoms with Crippen LogP contribution < -0.4 is 14.9 Å². The molecule has 1 aromatic rings. The number of hydrogen-bond donors (Lipinski definition) is 6. The van der Waals surface area contributed by atoms with Gasteiger partial charge in [0.2, 0.25) is 17.1 Å². The summed E-state index contributed by atoms with van der Waals surface area (Å²) >= 11 is 0. The summed E-state index contributed by atoms with van der Waals surface area (Å²) in [6.45, 7) is 10.4. The van der Waals surface area contributed by atoms with Gasteiger partial charge in [-0.15, -0.1) is 0 Å². The Kier molecular flexibility index (Phi) is 13.2. The number of aliphatic hydroxyl groups excluding tert-OH is 4. The summed E-state index contributed by atoms with van der Waals surface area (Å²) in [5.41, 5.74) is 1.17. The van der Waals surface area contributed by atoms with Crippen LogP contribution in [0.4, 0.5) is 0 Å². The van der Waals surface area contributed by atoms with Crippen molar-refractivity contribution in [2.45, 2.75) is 90.4 Å². The van der Waals surface area contributed by atoms with Gasteiger partial charge < -0.3 is 49.5 Å². The van der Waals surface area contributed by atoms with Crippen molar-refractivity contribution in [1.29, 1.82) is 0 Å². The summed E-state index contributed by atoms with van der Waals surface area (Å²) in [6.07, 6.45) is 3.75. The molecule has 0 bridgehead atoms. The zero-order valence-corrected chi connectivity index (χ0v) is 25.7. The Morgan fingerprint density at radius 1 is 1.14 bits per heavy atom. The lowest BCUT2D eigenvalue weighted by Crippen LogP contribution is -2.60. The van der Waals surface area contributed by atoms with Gasteiger partial charge >= 0.3 is 0 Å². The minimum Gasteiger partial charge on any atom is -0.488 e. The summed E-state index contributed by atoms with van der Waals surface area (Å²) in [5, 5.41) is 51.0. The van der Waals surface area contributed by atoms with Gasteiger partial charge in [0, 0.05) is 17.2 Å². The van der Waals surface area contributed by atoms with Crippen LogP contribution in [0.5, 0.6) is 11.6 Å². The Bertz CT molecular complexity index is 1210. The zero-order chi connectivity index (χ0) is 31.8. The molecule has 0 amide bonds. The van der Waals surface area contributed by atoms with Gasteiger partial charge in [0.25, 0.3) is 0 Å². The molecule has 6 N–H and O–H groups in total. The maximum absolute atomic E-state index is 12.6. The molecule has 0 saturated carbocycles. The first-order valence-corrected chi connectivity index (χ1v) is 13.9. The zero-order valence-electron chi connectivity index (χ0n) is 25.7. The maximum atomic E-state index is 12.6. The lowest BCUT2D eigenvalue weighted by Gasteiger charge is -2.41. The van der Waals surface area contributed by atoms with E-state index in [1.54, 1.807) is 26.0 Å². The predicted molar refractivity (Wildman–Crippen MR) is 159 cm³/mol. The van der Waals surface area contributed by atoms with Gasteiger partial charge in [-0.3, -0.25) is 4.79 Å². The SMILES string of the molecule is CC=C(C)[C@H](O[C@H]1O[C@H](CO)[C@H](O)[C@@H](O)[C@@H]1O)[C@@H](C)C=C(C)C=CC[C@](C)(O)C=Cc1[nH]c(OC)c(OC)c(=O)c1C. The second-order valence-corrected chi connectivity index (χ2v) is 10.9. The molecule has 42 heavy (non-hydrogen) atoms. The average molecular weight is 594 g/mol. The molecular formula is C31H47NO10. The average Bonchev–Trinajstić information content (AvgIpc) is 2.95. The summed E-state index contributed by atoms with van der Waals surface area (Å²) in [6, 6.07) is 0. The van der Waals surface area contributed by atoms with Crippen molar-refractivity contribution in [3.05, 3.63) is 63.0 Å². The number of ether oxygens (including phenoxy) is 4. The van der Waals surface area contributed by atoms with Gasteiger partial charge in [0.1, 0.15) is 24.4 Å². The maximum Gasteiger partial charge on any atom is 0.238 e. The van der Waals surface area contributed by atoms with Crippen LogP contribution in [0.2, 0.25) is 0 Å². The summed E-state index contributed by atoms with van der Waals surface area (Å²) in [7, 11) is 2.82. The molecule has 1 aromatic heterocycles. The number of allylic oxidation sites excluding steroid dienone is 3. The van der Waals surface area contributed by atoms with Crippen molar-refractivity contribution in [3.8, 4) is 11.6 Å². The smallest absolute Gasteiger partial charge is 0.238 e. The van der Waals surface area contributed by atoms with Crippen molar-refractivity contribution in [1.82, 2.24) is 4.98 Å². The second-order valence-electron chi connectivity index (χ2n) is 10.9. The molecule has 8 atom stereocenters. The van der Waals surface area contributed by atoms with Gasteiger partial charge in [-0.05, 0) is 52.7 Å². The van der Waals surface area contributed by atoms with E-state index in [-0.39, 0.29) is 29.4 Å². The molecule has 1 aliphatic rings. The number of aliphatic hydroxyl groups is 5. The van der Waals surface area contributed by atoms with E-state index in [1.165, 1.54) is 14.2 Å². The minimum atomic E-state index is -1.53. The first kappa shape index (κ1) is 35.4. The highest BCUT2D eigenvalue weighted by Crippen LogP contribution is 2.28. The van der Waals surface area contributed by atoms with E-state index in [9.17, 15) is 30.3 Å². The van der Waals surface area contributed by atoms with Crippen LogP contribution in [0.1, 0.15) is 52.3 Å². The van der Waals surface area contributed by atoms with Crippen LogP contribution in [0.25, 0.3) is 6.08 Å². The number of methoxy groups -OCH3 is 2. The monoisotopic (exact) mass is 593 g/mol. The van der Waals surface area contributed by atoms with Gasteiger partial charge in [-0.2, -0.15) is 0 Å². The van der Waals surface area contributed by atoms with E-state index in [0.29, 0.717) is 11.3 Å². The number of pyridine rings is 1. The van der Waals surface area contributed by atoms with Crippen LogP contribution in [0.15, 0.2) is 46.3 Å². The van der Waals surface area contributed by atoms with E-state index in [1.807, 2.05) is 52.0 Å². The number of hydrogen-bond acceptors (Lipinski definition) is 10. The highest BCUT2D eigenvalue weighted by molar-refractivity contribution is 5.54. The molecule has 2 rings (SSSR count). The Balaban J connectivity index is 2.14. The molecule has 0 aliphatic carbocycles. The third-order valence-electron chi connectivity index (χ3n) is 7.37. The largest absolute Gasteiger partial charge is 0.488 e. The van der Waals surface area contributed by atoms with Crippen molar-refractivity contribution in [3.63, 3.8) is 0 Å². The van der Waals surface area contributed by atoms with Crippen molar-refractivity contribution in [2.24, 2.45) is 5.92 Å². The van der Waals surface area contributed by atoms with Crippen molar-refractivity contribution < 1.29 is 44.5 Å². The number of H-pyrrole nitrogens is 1. The normalized spacial score (nSPS) is 26.8. The standard InChI is InChI=1S/C31H47NO10/c1-9-18(3)27(42-30-26(37)25(36)24(35)22(16-33)41-30)19(4)15-17(2)11-10-13-31(6,38)14-12-21-20(5)23(34)28(39-7)29(32-21)40-8/h9-12,14-15,19,22,24-27,30,33,35-38H,13,16H2,1-8H3,(H,32,34)/t19-,22+,24-,25+,26-,27-,30+,31-/m0/s1. The topological polar surface area (TPSA) is 171 Å². The predicted octanol–water partition coefficient (Wildman–Crippen LogP) is 2.14. The Labute approximate surface area is 247 Å². The number of aromatic nitrogens is 1. The van der Waals surface area contributed by atoms with Crippen molar-refractivity contribution in [2.75, 3.05) is 20.8 Å². The molecular weight excluding hydrogens is 546 g/mol. The first-order chi connectivity index (χ1) is 19.7. The second kappa shape index (κ2) is 15.6. The van der Waals surface area contributed by atoms with Crippen LogP contribution in [0, 0.1) is 12.8 Å². The molecule has 236 valence electrons. The van der Waals surface area contributed by atoms with Gasteiger partial charge in [0.05, 0.1) is 32.5 Å². The van der Waals surface area contributed by atoms with Crippen LogP contribution in [0.3, 0.4) is 0 Å². The molecule has 1 saturated heterocycles. The van der Waals surface area contributed by atoms with E-state index in [4.69, 9.17) is 18.9 Å². The molecule has 11 heteroatoms. The molecule has 0 unspecified atom stereocenters. The van der Waals surface area contributed by atoms with Gasteiger partial charge in [-0.25, -0.2) is 0 Å². The highest BCUT2D eigenvalue weighted by Gasteiger charge is 2.45. The fourth-order valence-electron chi connectivity index (χ4n) is 4.67. The Hall–Kier alpha value is -2.77. The van der Waals surface area contributed by atoms with E-state index in [2.05, 4.69) is 4.98 Å². The van der Waals surface area contributed by atoms with E-state index in [0.717, 1.165) is 11.1 Å². The molecule has 2 heterocycles. The number of aromatic amines is 1. The van der Waals surface area contributed by atoms with Crippen LogP contribution in [-0.4, -0.2) is 93.8 Å². The minimum absolute atomic E-state index is 0.0868. The first-order valence-electron chi connectivity index (χ1n) is 13.9. The summed E-state index contributed by atoms with van der Waals surface area (Å²) in [4.78, 5) is 15.6. The van der Waals surface area contributed by atoms with Gasteiger partial charge in [0.15, 0.2) is 6.29 Å². The number of rotatable bonds is 13. The summed E-state index contributed by atoms with van der Waals surface area (Å²) in [5.74, 6) is 0.0939. The third-order valence-corrected chi connectivity index (χ3v) is 7.37. The molecule has 1 fully saturated rings. The lowest BCUT2D eigenvalue weighted by molar-refractivity contribution is -0.310. The molecule has 0 spiro atoms. The molecule has 0 aromatic carbocycles. The molecule has 11 nitrogen and oxygen atoms in total. The van der Waals surface area contributed by atoms with Crippen LogP contribution >= 0.6 is 0 Å². The Morgan fingerprint density at radius 3 is 2.38 bits per heavy atom. The van der Waals surface area contributed by atoms with Crippen LogP contribution in [-0.2, 0) is 9.47 Å². The Morgan fingerprint density at radius 2 is 1.81 bits per heavy atom. The van der Waals surface area contributed by atoms with Gasteiger partial charge in [-0.1, -0.05) is 42.9 Å². The quantitative estimate of drug-likeness (QED) is 0.147. The fourth-order valence-corrected chi connectivity index (χ4v) is 4.67.